The van der Waals surface area contributed by atoms with Crippen molar-refractivity contribution in [3.63, 3.8) is 0 Å². The van der Waals surface area contributed by atoms with Crippen LogP contribution in [0.25, 0.3) is 0 Å². The van der Waals surface area contributed by atoms with Crippen LogP contribution in [0.3, 0.4) is 0 Å². The van der Waals surface area contributed by atoms with Gasteiger partial charge in [0.25, 0.3) is 0 Å². The number of nitrogens with one attached hydrogen (secondary N) is 1. The summed E-state index contributed by atoms with van der Waals surface area (Å²) in [5, 5.41) is 2.75. The Kier molecular flexibility index (Phi) is 7.17. The van der Waals surface area contributed by atoms with E-state index in [4.69, 9.17) is 0 Å². The molecule has 0 aliphatic heterocycles. The van der Waals surface area contributed by atoms with Crippen molar-refractivity contribution in [1.29, 1.82) is 0 Å². The molecule has 0 aliphatic carbocycles. The number of hydrogen-bond acceptors (Lipinski definition) is 3. The Labute approximate surface area is 134 Å². The van der Waals surface area contributed by atoms with E-state index in [1.54, 1.807) is 18.2 Å². The second-order valence-corrected chi connectivity index (χ2v) is 7.59. The number of anilines is 1. The Bertz CT molecular complexity index is 575. The quantitative estimate of drug-likeness (QED) is 0.757. The molecule has 0 saturated carbocycles. The lowest BCUT2D eigenvalue weighted by Crippen LogP contribution is -2.38. The molecule has 21 heavy (non-hydrogen) atoms. The van der Waals surface area contributed by atoms with Crippen molar-refractivity contribution in [2.75, 3.05) is 23.7 Å². The molecule has 5 nitrogen and oxygen atoms in total. The standard InChI is InChI=1S/C14H21BrN2O3S/c1-3-4-8-14(18)16-9-10-17(21(2,19)20)13-7-5-6-12(15)11-13/h5-7,11H,3-4,8-10H2,1-2H3,(H,16,18). The van der Waals surface area contributed by atoms with Gasteiger partial charge in [-0.05, 0) is 24.6 Å². The van der Waals surface area contributed by atoms with Crippen molar-refractivity contribution in [3.05, 3.63) is 28.7 Å². The van der Waals surface area contributed by atoms with Crippen LogP contribution in [0.1, 0.15) is 26.2 Å². The number of hydrogen-bond donors (Lipinski definition) is 1. The van der Waals surface area contributed by atoms with E-state index in [0.29, 0.717) is 18.7 Å². The van der Waals surface area contributed by atoms with Crippen molar-refractivity contribution >= 4 is 37.5 Å². The number of sulfonamides is 1. The summed E-state index contributed by atoms with van der Waals surface area (Å²) in [6, 6.07) is 7.07. The fourth-order valence-electron chi connectivity index (χ4n) is 1.84. The van der Waals surface area contributed by atoms with Crippen molar-refractivity contribution in [3.8, 4) is 0 Å². The van der Waals surface area contributed by atoms with E-state index in [0.717, 1.165) is 23.6 Å². The highest BCUT2D eigenvalue weighted by Crippen LogP contribution is 2.21. The minimum atomic E-state index is -3.39. The fourth-order valence-corrected chi connectivity index (χ4v) is 3.15. The van der Waals surface area contributed by atoms with Gasteiger partial charge >= 0.3 is 0 Å². The summed E-state index contributed by atoms with van der Waals surface area (Å²) in [6.07, 6.45) is 3.44. The number of unbranched alkanes of at least 4 members (excludes halogenated alkanes) is 1. The first-order valence-corrected chi connectivity index (χ1v) is 9.48. The average molecular weight is 377 g/mol. The predicted molar refractivity (Wildman–Crippen MR) is 88.9 cm³/mol. The van der Waals surface area contributed by atoms with Crippen LogP contribution in [-0.2, 0) is 14.8 Å². The zero-order chi connectivity index (χ0) is 15.9. The monoisotopic (exact) mass is 376 g/mol. The smallest absolute Gasteiger partial charge is 0.232 e. The third-order valence-corrected chi connectivity index (χ3v) is 4.58. The maximum atomic E-state index is 11.9. The van der Waals surface area contributed by atoms with Gasteiger partial charge in [-0.15, -0.1) is 0 Å². The molecule has 1 amide bonds. The molecule has 118 valence electrons. The van der Waals surface area contributed by atoms with Crippen LogP contribution in [0.5, 0.6) is 0 Å². The van der Waals surface area contributed by atoms with E-state index in [1.165, 1.54) is 4.31 Å². The minimum Gasteiger partial charge on any atom is -0.354 e. The first kappa shape index (κ1) is 18.0. The Morgan fingerprint density at radius 3 is 2.67 bits per heavy atom. The van der Waals surface area contributed by atoms with E-state index in [1.807, 2.05) is 13.0 Å². The number of carbonyl (C=O) groups excluding carboxylic acids is 1. The molecule has 0 radical (unpaired) electrons. The van der Waals surface area contributed by atoms with Crippen molar-refractivity contribution in [2.45, 2.75) is 26.2 Å². The summed E-state index contributed by atoms with van der Waals surface area (Å²) in [5.41, 5.74) is 0.578. The summed E-state index contributed by atoms with van der Waals surface area (Å²) < 4.78 is 25.9. The number of carbonyl (C=O) groups is 1. The molecule has 0 aromatic heterocycles. The first-order chi connectivity index (χ1) is 9.84. The lowest BCUT2D eigenvalue weighted by Gasteiger charge is -2.22. The fraction of sp³-hybridized carbons (Fsp3) is 0.500. The summed E-state index contributed by atoms with van der Waals surface area (Å²) in [4.78, 5) is 11.5. The largest absolute Gasteiger partial charge is 0.354 e. The molecule has 1 rings (SSSR count). The van der Waals surface area contributed by atoms with Crippen LogP contribution >= 0.6 is 15.9 Å². The Balaban J connectivity index is 2.67. The van der Waals surface area contributed by atoms with Crippen LogP contribution < -0.4 is 9.62 Å². The number of nitrogens with zero attached hydrogens (tertiary/aromatic N) is 1. The van der Waals surface area contributed by atoms with Crippen molar-refractivity contribution < 1.29 is 13.2 Å². The maximum absolute atomic E-state index is 11.9. The molecular formula is C14H21BrN2O3S. The summed E-state index contributed by atoms with van der Waals surface area (Å²) >= 11 is 3.33. The van der Waals surface area contributed by atoms with E-state index in [2.05, 4.69) is 21.2 Å². The highest BCUT2D eigenvalue weighted by Gasteiger charge is 2.17. The second kappa shape index (κ2) is 8.38. The van der Waals surface area contributed by atoms with Crippen LogP contribution in [0, 0.1) is 0 Å². The molecule has 0 unspecified atom stereocenters. The second-order valence-electron chi connectivity index (χ2n) is 4.77. The van der Waals surface area contributed by atoms with Crippen LogP contribution in [0.2, 0.25) is 0 Å². The van der Waals surface area contributed by atoms with Gasteiger partial charge < -0.3 is 5.32 Å². The molecule has 0 heterocycles. The number of benzene rings is 1. The van der Waals surface area contributed by atoms with Gasteiger partial charge in [-0.1, -0.05) is 35.3 Å². The predicted octanol–water partition coefficient (Wildman–Crippen LogP) is 2.52. The third kappa shape index (κ3) is 6.48. The molecule has 1 aromatic rings. The Morgan fingerprint density at radius 1 is 1.38 bits per heavy atom. The molecule has 0 aliphatic rings. The van der Waals surface area contributed by atoms with E-state index in [9.17, 15) is 13.2 Å². The van der Waals surface area contributed by atoms with Gasteiger partial charge in [0.15, 0.2) is 0 Å². The molecule has 0 saturated heterocycles. The lowest BCUT2D eigenvalue weighted by molar-refractivity contribution is -0.121. The van der Waals surface area contributed by atoms with Gasteiger partial charge in [-0.3, -0.25) is 9.10 Å². The van der Waals surface area contributed by atoms with Gasteiger partial charge in [0.1, 0.15) is 0 Å². The summed E-state index contributed by atoms with van der Waals surface area (Å²) in [7, 11) is -3.39. The Morgan fingerprint density at radius 2 is 2.10 bits per heavy atom. The third-order valence-electron chi connectivity index (χ3n) is 2.89. The average Bonchev–Trinajstić information content (AvgIpc) is 2.39. The molecule has 0 atom stereocenters. The highest BCUT2D eigenvalue weighted by atomic mass is 79.9. The SMILES string of the molecule is CCCCC(=O)NCCN(c1cccc(Br)c1)S(C)(=O)=O. The van der Waals surface area contributed by atoms with Crippen LogP contribution in [-0.4, -0.2) is 33.7 Å². The topological polar surface area (TPSA) is 66.5 Å². The van der Waals surface area contributed by atoms with Crippen LogP contribution in [0.15, 0.2) is 28.7 Å². The Hall–Kier alpha value is -1.08. The van der Waals surface area contributed by atoms with Crippen molar-refractivity contribution in [1.82, 2.24) is 5.32 Å². The van der Waals surface area contributed by atoms with Gasteiger partial charge in [0, 0.05) is 17.4 Å². The molecule has 0 fully saturated rings. The molecule has 7 heteroatoms. The number of amides is 1. The number of rotatable bonds is 8. The highest BCUT2D eigenvalue weighted by molar-refractivity contribution is 9.10. The van der Waals surface area contributed by atoms with Crippen molar-refractivity contribution in [2.24, 2.45) is 0 Å². The van der Waals surface area contributed by atoms with E-state index in [-0.39, 0.29) is 12.5 Å². The first-order valence-electron chi connectivity index (χ1n) is 6.84. The minimum absolute atomic E-state index is 0.0421. The summed E-state index contributed by atoms with van der Waals surface area (Å²) in [6.45, 7) is 2.53. The van der Waals surface area contributed by atoms with Gasteiger partial charge in [-0.2, -0.15) is 0 Å². The zero-order valence-corrected chi connectivity index (χ0v) is 14.7. The van der Waals surface area contributed by atoms with Gasteiger partial charge in [0.2, 0.25) is 15.9 Å². The molecule has 0 bridgehead atoms. The van der Waals surface area contributed by atoms with Gasteiger partial charge in [0.05, 0.1) is 18.5 Å². The van der Waals surface area contributed by atoms with E-state index >= 15 is 0 Å². The van der Waals surface area contributed by atoms with Gasteiger partial charge in [-0.25, -0.2) is 8.42 Å². The zero-order valence-electron chi connectivity index (χ0n) is 12.3. The molecule has 1 N–H and O–H groups in total. The maximum Gasteiger partial charge on any atom is 0.232 e. The van der Waals surface area contributed by atoms with E-state index < -0.39 is 10.0 Å². The number of halogens is 1. The molecular weight excluding hydrogens is 356 g/mol. The lowest BCUT2D eigenvalue weighted by atomic mass is 10.2. The molecule has 0 spiro atoms. The summed E-state index contributed by atoms with van der Waals surface area (Å²) in [5.74, 6) is -0.0421. The normalized spacial score (nSPS) is 11.2. The van der Waals surface area contributed by atoms with Crippen LogP contribution in [0.4, 0.5) is 5.69 Å². The molecule has 1 aromatic carbocycles.